The fraction of sp³-hybridized carbons (Fsp3) is 0.471. The minimum Gasteiger partial charge on any atom is -0.378 e. The van der Waals surface area contributed by atoms with E-state index >= 15 is 0 Å². The summed E-state index contributed by atoms with van der Waals surface area (Å²) in [6.45, 7) is 4.57. The van der Waals surface area contributed by atoms with Crippen molar-refractivity contribution in [1.82, 2.24) is 15.2 Å². The molecule has 0 aliphatic carbocycles. The summed E-state index contributed by atoms with van der Waals surface area (Å²) in [5, 5.41) is 7.49. The van der Waals surface area contributed by atoms with Gasteiger partial charge >= 0.3 is 0 Å². The van der Waals surface area contributed by atoms with Gasteiger partial charge in [-0.15, -0.1) is 0 Å². The molecule has 118 valence electrons. The Labute approximate surface area is 130 Å². The van der Waals surface area contributed by atoms with Crippen LogP contribution in [0, 0.1) is 0 Å². The van der Waals surface area contributed by atoms with Gasteiger partial charge in [-0.05, 0) is 18.6 Å². The average Bonchev–Trinajstić information content (AvgIpc) is 3.12. The zero-order chi connectivity index (χ0) is 15.5. The number of amides is 1. The van der Waals surface area contributed by atoms with Gasteiger partial charge < -0.3 is 19.9 Å². The molecule has 0 radical (unpaired) electrons. The second kappa shape index (κ2) is 6.50. The molecule has 2 N–H and O–H groups in total. The number of nitrogens with one attached hydrogen (secondary N) is 2. The molecule has 1 amide bonds. The predicted octanol–water partition coefficient (Wildman–Crippen LogP) is 1.31. The molecular weight excluding hydrogens is 278 g/mol. The highest BCUT2D eigenvalue weighted by Gasteiger charge is 2.28. The van der Waals surface area contributed by atoms with E-state index in [4.69, 9.17) is 4.74 Å². The van der Waals surface area contributed by atoms with Gasteiger partial charge in [0.15, 0.2) is 0 Å². The van der Waals surface area contributed by atoms with Crippen LogP contribution in [0.4, 0.5) is 0 Å². The third-order valence-electron chi connectivity index (χ3n) is 4.37. The summed E-state index contributed by atoms with van der Waals surface area (Å²) in [4.78, 5) is 12.4. The highest BCUT2D eigenvalue weighted by Crippen LogP contribution is 2.21. The molecule has 0 spiro atoms. The van der Waals surface area contributed by atoms with E-state index in [2.05, 4.69) is 40.5 Å². The van der Waals surface area contributed by atoms with E-state index in [9.17, 15) is 4.79 Å². The van der Waals surface area contributed by atoms with Gasteiger partial charge in [0.05, 0.1) is 18.6 Å². The second-order valence-corrected chi connectivity index (χ2v) is 5.74. The topological polar surface area (TPSA) is 55.3 Å². The van der Waals surface area contributed by atoms with Crippen molar-refractivity contribution >= 4 is 16.8 Å². The lowest BCUT2D eigenvalue weighted by Gasteiger charge is -2.18. The Kier molecular flexibility index (Phi) is 4.45. The molecule has 1 aliphatic rings. The molecule has 1 aliphatic heterocycles. The maximum absolute atomic E-state index is 12.4. The lowest BCUT2D eigenvalue weighted by molar-refractivity contribution is -0.121. The van der Waals surface area contributed by atoms with Crippen LogP contribution in [0.2, 0.25) is 0 Å². The third kappa shape index (κ3) is 2.87. The molecule has 2 aromatic rings. The van der Waals surface area contributed by atoms with Crippen LogP contribution >= 0.6 is 0 Å². The molecule has 0 unspecified atom stereocenters. The lowest BCUT2D eigenvalue weighted by Crippen LogP contribution is -2.44. The maximum atomic E-state index is 12.4. The lowest BCUT2D eigenvalue weighted by atomic mass is 10.1. The van der Waals surface area contributed by atoms with Gasteiger partial charge in [-0.25, -0.2) is 0 Å². The summed E-state index contributed by atoms with van der Waals surface area (Å²) >= 11 is 0. The summed E-state index contributed by atoms with van der Waals surface area (Å²) < 4.78 is 7.57. The molecule has 2 atom stereocenters. The van der Waals surface area contributed by atoms with Crippen LogP contribution in [0.1, 0.15) is 12.5 Å². The van der Waals surface area contributed by atoms with E-state index in [-0.39, 0.29) is 18.1 Å². The first-order chi connectivity index (χ1) is 10.7. The number of rotatable bonds is 5. The number of carbonyl (C=O) groups excluding carboxylic acids is 1. The first kappa shape index (κ1) is 15.1. The van der Waals surface area contributed by atoms with Gasteiger partial charge in [-0.2, -0.15) is 0 Å². The summed E-state index contributed by atoms with van der Waals surface area (Å²) in [6.07, 6.45) is 2.55. The Morgan fingerprint density at radius 2 is 2.23 bits per heavy atom. The molecule has 5 nitrogen and oxygen atoms in total. The van der Waals surface area contributed by atoms with E-state index < -0.39 is 0 Å². The molecule has 0 bridgehead atoms. The molecule has 3 rings (SSSR count). The molecule has 1 aromatic heterocycles. The fourth-order valence-electron chi connectivity index (χ4n) is 3.20. The number of ether oxygens (including phenoxy) is 1. The van der Waals surface area contributed by atoms with Crippen molar-refractivity contribution in [1.29, 1.82) is 0 Å². The van der Waals surface area contributed by atoms with Gasteiger partial charge in [0.2, 0.25) is 5.91 Å². The van der Waals surface area contributed by atoms with Crippen molar-refractivity contribution in [2.45, 2.75) is 32.0 Å². The monoisotopic (exact) mass is 301 g/mol. The minimum atomic E-state index is 0.0507. The summed E-state index contributed by atoms with van der Waals surface area (Å²) in [5.74, 6) is 0.0507. The first-order valence-electron chi connectivity index (χ1n) is 7.82. The van der Waals surface area contributed by atoms with Crippen molar-refractivity contribution in [3.8, 4) is 0 Å². The largest absolute Gasteiger partial charge is 0.378 e. The zero-order valence-corrected chi connectivity index (χ0v) is 13.1. The maximum Gasteiger partial charge on any atom is 0.224 e. The smallest absolute Gasteiger partial charge is 0.224 e. The van der Waals surface area contributed by atoms with Crippen LogP contribution < -0.4 is 10.6 Å². The SMILES string of the molecule is CCn1cc(CC(=O)N[C@H]2CNC[C@@H]2OC)c2ccccc21. The number of hydrogen-bond donors (Lipinski definition) is 2. The molecule has 1 saturated heterocycles. The quantitative estimate of drug-likeness (QED) is 0.875. The normalized spacial score (nSPS) is 21.4. The Morgan fingerprint density at radius 3 is 3.00 bits per heavy atom. The van der Waals surface area contributed by atoms with E-state index in [0.29, 0.717) is 6.42 Å². The van der Waals surface area contributed by atoms with Crippen molar-refractivity contribution in [3.05, 3.63) is 36.0 Å². The number of para-hydroxylation sites is 1. The van der Waals surface area contributed by atoms with E-state index in [1.54, 1.807) is 7.11 Å². The Balaban J connectivity index is 1.74. The molecule has 1 fully saturated rings. The number of aryl methyl sites for hydroxylation is 1. The Bertz CT molecular complexity index is 665. The summed E-state index contributed by atoms with van der Waals surface area (Å²) in [7, 11) is 1.69. The summed E-state index contributed by atoms with van der Waals surface area (Å²) in [5.41, 5.74) is 2.26. The Hall–Kier alpha value is -1.85. The van der Waals surface area contributed by atoms with Crippen LogP contribution in [-0.4, -0.2) is 42.8 Å². The Morgan fingerprint density at radius 1 is 1.41 bits per heavy atom. The van der Waals surface area contributed by atoms with Crippen molar-refractivity contribution in [2.75, 3.05) is 20.2 Å². The second-order valence-electron chi connectivity index (χ2n) is 5.74. The third-order valence-corrected chi connectivity index (χ3v) is 4.37. The van der Waals surface area contributed by atoms with Gasteiger partial charge in [-0.3, -0.25) is 4.79 Å². The first-order valence-corrected chi connectivity index (χ1v) is 7.82. The molecule has 1 aromatic carbocycles. The van der Waals surface area contributed by atoms with Crippen LogP contribution in [-0.2, 0) is 22.5 Å². The number of fused-ring (bicyclic) bond motifs is 1. The zero-order valence-electron chi connectivity index (χ0n) is 13.1. The highest BCUT2D eigenvalue weighted by molar-refractivity contribution is 5.89. The molecule has 22 heavy (non-hydrogen) atoms. The molecular formula is C17H23N3O2. The van der Waals surface area contributed by atoms with Gasteiger partial charge in [-0.1, -0.05) is 18.2 Å². The van der Waals surface area contributed by atoms with Gasteiger partial charge in [0.1, 0.15) is 0 Å². The minimum absolute atomic E-state index is 0.0507. The number of nitrogens with zero attached hydrogens (tertiary/aromatic N) is 1. The summed E-state index contributed by atoms with van der Waals surface area (Å²) in [6, 6.07) is 8.29. The van der Waals surface area contributed by atoms with Crippen molar-refractivity contribution in [3.63, 3.8) is 0 Å². The van der Waals surface area contributed by atoms with E-state index in [1.165, 1.54) is 5.52 Å². The van der Waals surface area contributed by atoms with Crippen LogP contribution in [0.3, 0.4) is 0 Å². The number of benzene rings is 1. The van der Waals surface area contributed by atoms with Crippen LogP contribution in [0.5, 0.6) is 0 Å². The highest BCUT2D eigenvalue weighted by atomic mass is 16.5. The van der Waals surface area contributed by atoms with Crippen LogP contribution in [0.25, 0.3) is 10.9 Å². The fourth-order valence-corrected chi connectivity index (χ4v) is 3.20. The molecule has 2 heterocycles. The number of carbonyl (C=O) groups is 1. The standard InChI is InChI=1S/C17H23N3O2/c1-3-20-11-12(13-6-4-5-7-15(13)20)8-17(21)19-14-9-18-10-16(14)22-2/h4-7,11,14,16,18H,3,8-10H2,1-2H3,(H,19,21)/t14-,16-/m0/s1. The molecule has 0 saturated carbocycles. The number of aromatic nitrogens is 1. The van der Waals surface area contributed by atoms with Crippen molar-refractivity contribution < 1.29 is 9.53 Å². The van der Waals surface area contributed by atoms with Crippen molar-refractivity contribution in [2.24, 2.45) is 0 Å². The predicted molar refractivity (Wildman–Crippen MR) is 86.9 cm³/mol. The van der Waals surface area contributed by atoms with E-state index in [1.807, 2.05) is 12.1 Å². The van der Waals surface area contributed by atoms with E-state index in [0.717, 1.165) is 30.6 Å². The van der Waals surface area contributed by atoms with Gasteiger partial charge in [0, 0.05) is 43.8 Å². The average molecular weight is 301 g/mol. The molecule has 5 heteroatoms. The number of methoxy groups -OCH3 is 1. The van der Waals surface area contributed by atoms with Crippen LogP contribution in [0.15, 0.2) is 30.5 Å². The van der Waals surface area contributed by atoms with Gasteiger partial charge in [0.25, 0.3) is 0 Å². The number of hydrogen-bond acceptors (Lipinski definition) is 3.